The molecule has 1 aromatic carbocycles. The number of esters is 1. The highest BCUT2D eigenvalue weighted by atomic mass is 16.6. The molecule has 0 aromatic heterocycles. The van der Waals surface area contributed by atoms with Gasteiger partial charge in [-0.15, -0.1) is 0 Å². The molecule has 0 heterocycles. The number of aldehydes is 1. The van der Waals surface area contributed by atoms with Gasteiger partial charge in [-0.3, -0.25) is 9.59 Å². The van der Waals surface area contributed by atoms with Gasteiger partial charge in [0.1, 0.15) is 25.2 Å². The number of benzene rings is 1. The van der Waals surface area contributed by atoms with Crippen LogP contribution in [0.15, 0.2) is 24.3 Å². The van der Waals surface area contributed by atoms with Gasteiger partial charge in [-0.2, -0.15) is 0 Å². The lowest BCUT2D eigenvalue weighted by molar-refractivity contribution is -0.145. The molecule has 7 nitrogen and oxygen atoms in total. The van der Waals surface area contributed by atoms with Gasteiger partial charge in [-0.25, -0.2) is 0 Å². The molecule has 0 saturated heterocycles. The van der Waals surface area contributed by atoms with Crippen molar-refractivity contribution in [3.05, 3.63) is 29.8 Å². The lowest BCUT2D eigenvalue weighted by Crippen LogP contribution is -2.14. The van der Waals surface area contributed by atoms with Crippen LogP contribution in [0, 0.1) is 0 Å². The third-order valence-corrected chi connectivity index (χ3v) is 3.20. The predicted molar refractivity (Wildman–Crippen MR) is 95.6 cm³/mol. The smallest absolute Gasteiger partial charge is 0.305 e. The summed E-state index contributed by atoms with van der Waals surface area (Å²) in [6.07, 6.45) is 2.02. The lowest BCUT2D eigenvalue weighted by Gasteiger charge is -2.08. The van der Waals surface area contributed by atoms with Crippen LogP contribution in [0.3, 0.4) is 0 Å². The van der Waals surface area contributed by atoms with Crippen molar-refractivity contribution in [3.63, 3.8) is 0 Å². The number of hydrogen-bond acceptors (Lipinski definition) is 7. The molecule has 0 atom stereocenters. The topological polar surface area (TPSA) is 80.3 Å². The van der Waals surface area contributed by atoms with Gasteiger partial charge in [0.05, 0.1) is 39.6 Å². The summed E-state index contributed by atoms with van der Waals surface area (Å²) >= 11 is 0. The summed E-state index contributed by atoms with van der Waals surface area (Å²) in [5.74, 6) is 0.513. The van der Waals surface area contributed by atoms with Crippen molar-refractivity contribution in [2.75, 3.05) is 52.9 Å². The van der Waals surface area contributed by atoms with Gasteiger partial charge in [0, 0.05) is 12.0 Å². The molecule has 0 bridgehead atoms. The van der Waals surface area contributed by atoms with Gasteiger partial charge in [-0.05, 0) is 30.7 Å². The Morgan fingerprint density at radius 2 is 1.38 bits per heavy atom. The highest BCUT2D eigenvalue weighted by Gasteiger charge is 1.99. The Balaban J connectivity index is 1.82. The Bertz CT molecular complexity index is 487. The van der Waals surface area contributed by atoms with Crippen LogP contribution in [0.4, 0.5) is 0 Å². The summed E-state index contributed by atoms with van der Waals surface area (Å²) in [7, 11) is 0. The molecule has 0 radical (unpaired) electrons. The first kappa shape index (κ1) is 22.1. The number of carbonyl (C=O) groups excluding carboxylic acids is 2. The van der Waals surface area contributed by atoms with Crippen molar-refractivity contribution in [2.45, 2.75) is 19.8 Å². The average molecular weight is 368 g/mol. The number of carbonyl (C=O) groups is 2. The molecule has 1 rings (SSSR count). The summed E-state index contributed by atoms with van der Waals surface area (Å²) in [6.45, 7) is 5.33. The van der Waals surface area contributed by atoms with Gasteiger partial charge < -0.3 is 23.7 Å². The standard InChI is InChI=1S/C19H28O7/c1-2-3-19(21)26-15-13-24-11-9-22-8-10-23-12-14-25-18-6-4-17(16-20)5-7-18/h4-7,16H,2-3,8-15H2,1H3. The van der Waals surface area contributed by atoms with E-state index < -0.39 is 0 Å². The van der Waals surface area contributed by atoms with E-state index >= 15 is 0 Å². The molecule has 0 spiro atoms. The lowest BCUT2D eigenvalue weighted by atomic mass is 10.2. The maximum Gasteiger partial charge on any atom is 0.305 e. The first-order valence-electron chi connectivity index (χ1n) is 8.83. The summed E-state index contributed by atoms with van der Waals surface area (Å²) in [5.41, 5.74) is 0.618. The van der Waals surface area contributed by atoms with Crippen LogP contribution >= 0.6 is 0 Å². The van der Waals surface area contributed by atoms with E-state index in [1.54, 1.807) is 24.3 Å². The van der Waals surface area contributed by atoms with Crippen molar-refractivity contribution in [2.24, 2.45) is 0 Å². The van der Waals surface area contributed by atoms with E-state index in [-0.39, 0.29) is 12.6 Å². The van der Waals surface area contributed by atoms with Crippen LogP contribution in [0.25, 0.3) is 0 Å². The highest BCUT2D eigenvalue weighted by molar-refractivity contribution is 5.74. The van der Waals surface area contributed by atoms with E-state index in [1.165, 1.54) is 0 Å². The Morgan fingerprint density at radius 3 is 1.92 bits per heavy atom. The second kappa shape index (κ2) is 15.3. The number of ether oxygens (including phenoxy) is 5. The minimum atomic E-state index is -0.188. The Kier molecular flexibility index (Phi) is 13.0. The van der Waals surface area contributed by atoms with Crippen molar-refractivity contribution in [1.82, 2.24) is 0 Å². The summed E-state index contributed by atoms with van der Waals surface area (Å²) in [6, 6.07) is 6.90. The van der Waals surface area contributed by atoms with Crippen LogP contribution in [0.2, 0.25) is 0 Å². The molecule has 0 N–H and O–H groups in total. The van der Waals surface area contributed by atoms with Crippen LogP contribution in [-0.2, 0) is 23.7 Å². The van der Waals surface area contributed by atoms with E-state index in [2.05, 4.69) is 0 Å². The molecule has 0 fully saturated rings. The molecule has 0 aliphatic carbocycles. The average Bonchev–Trinajstić information content (AvgIpc) is 2.66. The molecule has 0 saturated carbocycles. The first-order valence-corrected chi connectivity index (χ1v) is 8.83. The minimum absolute atomic E-state index is 0.188. The van der Waals surface area contributed by atoms with Gasteiger partial charge in [0.15, 0.2) is 0 Å². The molecule has 26 heavy (non-hydrogen) atoms. The maximum absolute atomic E-state index is 11.1. The number of rotatable bonds is 16. The van der Waals surface area contributed by atoms with Crippen LogP contribution < -0.4 is 4.74 Å². The van der Waals surface area contributed by atoms with E-state index in [1.807, 2.05) is 6.92 Å². The van der Waals surface area contributed by atoms with Crippen LogP contribution in [-0.4, -0.2) is 65.1 Å². The zero-order valence-electron chi connectivity index (χ0n) is 15.3. The Labute approximate surface area is 154 Å². The monoisotopic (exact) mass is 368 g/mol. The fraction of sp³-hybridized carbons (Fsp3) is 0.579. The normalized spacial score (nSPS) is 10.5. The molecule has 146 valence electrons. The predicted octanol–water partition coefficient (Wildman–Crippen LogP) is 2.27. The maximum atomic E-state index is 11.1. The molecule has 0 unspecified atom stereocenters. The quantitative estimate of drug-likeness (QED) is 0.251. The van der Waals surface area contributed by atoms with Crippen molar-refractivity contribution < 1.29 is 33.3 Å². The number of hydrogen-bond donors (Lipinski definition) is 0. The fourth-order valence-corrected chi connectivity index (χ4v) is 1.89. The zero-order valence-corrected chi connectivity index (χ0v) is 15.3. The Hall–Kier alpha value is -1.96. The van der Waals surface area contributed by atoms with Crippen molar-refractivity contribution in [3.8, 4) is 5.75 Å². The summed E-state index contributed by atoms with van der Waals surface area (Å²) < 4.78 is 26.5. The molecule has 7 heteroatoms. The largest absolute Gasteiger partial charge is 0.491 e. The second-order valence-electron chi connectivity index (χ2n) is 5.34. The summed E-state index contributed by atoms with van der Waals surface area (Å²) in [5, 5.41) is 0. The molecule has 0 aliphatic rings. The minimum Gasteiger partial charge on any atom is -0.491 e. The third-order valence-electron chi connectivity index (χ3n) is 3.20. The van der Waals surface area contributed by atoms with Crippen molar-refractivity contribution >= 4 is 12.3 Å². The molecule has 1 aromatic rings. The molecule has 0 amide bonds. The Morgan fingerprint density at radius 1 is 0.846 bits per heavy atom. The fourth-order valence-electron chi connectivity index (χ4n) is 1.89. The van der Waals surface area contributed by atoms with E-state index in [9.17, 15) is 9.59 Å². The summed E-state index contributed by atoms with van der Waals surface area (Å²) in [4.78, 5) is 21.6. The van der Waals surface area contributed by atoms with E-state index in [0.29, 0.717) is 64.0 Å². The first-order chi connectivity index (χ1) is 12.8. The SMILES string of the molecule is CCCC(=O)OCCOCCOCCOCCOc1ccc(C=O)cc1. The van der Waals surface area contributed by atoms with Gasteiger partial charge in [-0.1, -0.05) is 6.92 Å². The second-order valence-corrected chi connectivity index (χ2v) is 5.34. The molecular weight excluding hydrogens is 340 g/mol. The van der Waals surface area contributed by atoms with Gasteiger partial charge in [0.25, 0.3) is 0 Å². The van der Waals surface area contributed by atoms with Crippen LogP contribution in [0.1, 0.15) is 30.1 Å². The van der Waals surface area contributed by atoms with Crippen LogP contribution in [0.5, 0.6) is 5.75 Å². The van der Waals surface area contributed by atoms with Gasteiger partial charge >= 0.3 is 5.97 Å². The van der Waals surface area contributed by atoms with Crippen molar-refractivity contribution in [1.29, 1.82) is 0 Å². The third kappa shape index (κ3) is 11.6. The molecular formula is C19H28O7. The highest BCUT2D eigenvalue weighted by Crippen LogP contribution is 2.10. The van der Waals surface area contributed by atoms with Gasteiger partial charge in [0.2, 0.25) is 0 Å². The van der Waals surface area contributed by atoms with E-state index in [0.717, 1.165) is 12.7 Å². The zero-order chi connectivity index (χ0) is 18.9. The van der Waals surface area contributed by atoms with E-state index in [4.69, 9.17) is 23.7 Å². The molecule has 0 aliphatic heterocycles.